The topological polar surface area (TPSA) is 66.9 Å². The second-order valence-electron chi connectivity index (χ2n) is 4.43. The summed E-state index contributed by atoms with van der Waals surface area (Å²) in [5.41, 5.74) is 1.30. The number of aromatic nitrogens is 2. The Morgan fingerprint density at radius 2 is 1.95 bits per heavy atom. The van der Waals surface area contributed by atoms with Crippen LogP contribution in [0, 0.1) is 6.92 Å². The van der Waals surface area contributed by atoms with E-state index in [1.807, 2.05) is 37.3 Å². The number of hydrogen-bond acceptors (Lipinski definition) is 4. The van der Waals surface area contributed by atoms with Gasteiger partial charge in [-0.25, -0.2) is 9.97 Å². The minimum atomic E-state index is -0.173. The Morgan fingerprint density at radius 3 is 2.65 bits per heavy atom. The van der Waals surface area contributed by atoms with Crippen LogP contribution in [0.4, 0.5) is 11.5 Å². The Hall–Kier alpha value is -2.43. The maximum Gasteiger partial charge on any atom is 0.270 e. The van der Waals surface area contributed by atoms with E-state index in [0.29, 0.717) is 23.9 Å². The van der Waals surface area contributed by atoms with Crippen LogP contribution in [-0.4, -0.2) is 22.4 Å². The van der Waals surface area contributed by atoms with Gasteiger partial charge in [0, 0.05) is 18.3 Å². The summed E-state index contributed by atoms with van der Waals surface area (Å²) in [6.07, 6.45) is 0.894. The number of para-hydroxylation sites is 1. The molecule has 0 spiro atoms. The molecule has 5 heteroatoms. The fourth-order valence-electron chi connectivity index (χ4n) is 1.75. The van der Waals surface area contributed by atoms with E-state index in [9.17, 15) is 4.79 Å². The summed E-state index contributed by atoms with van der Waals surface area (Å²) in [6, 6.07) is 11.4. The van der Waals surface area contributed by atoms with Gasteiger partial charge in [0.25, 0.3) is 5.91 Å². The van der Waals surface area contributed by atoms with Crippen LogP contribution in [-0.2, 0) is 0 Å². The number of nitrogens with zero attached hydrogens (tertiary/aromatic N) is 2. The molecule has 0 aliphatic carbocycles. The Labute approximate surface area is 118 Å². The number of nitrogens with one attached hydrogen (secondary N) is 2. The lowest BCUT2D eigenvalue weighted by molar-refractivity contribution is 0.0948. The molecule has 1 heterocycles. The zero-order valence-electron chi connectivity index (χ0n) is 11.7. The molecule has 2 aromatic rings. The third-order valence-electron chi connectivity index (χ3n) is 2.65. The molecule has 0 fully saturated rings. The Morgan fingerprint density at radius 1 is 1.20 bits per heavy atom. The summed E-state index contributed by atoms with van der Waals surface area (Å²) in [4.78, 5) is 20.4. The van der Waals surface area contributed by atoms with Crippen molar-refractivity contribution in [2.24, 2.45) is 0 Å². The van der Waals surface area contributed by atoms with Gasteiger partial charge in [0.2, 0.25) is 0 Å². The summed E-state index contributed by atoms with van der Waals surface area (Å²) in [5.74, 6) is 1.01. The van der Waals surface area contributed by atoms with Gasteiger partial charge in [-0.2, -0.15) is 0 Å². The molecule has 5 nitrogen and oxygen atoms in total. The number of hydrogen-bond donors (Lipinski definition) is 2. The number of aryl methyl sites for hydroxylation is 1. The fourth-order valence-corrected chi connectivity index (χ4v) is 1.75. The van der Waals surface area contributed by atoms with Gasteiger partial charge in [0.05, 0.1) is 0 Å². The highest BCUT2D eigenvalue weighted by atomic mass is 16.1. The van der Waals surface area contributed by atoms with Crippen molar-refractivity contribution in [2.45, 2.75) is 20.3 Å². The Balaban J connectivity index is 2.18. The number of carbonyl (C=O) groups excluding carboxylic acids is 1. The van der Waals surface area contributed by atoms with Gasteiger partial charge >= 0.3 is 0 Å². The highest BCUT2D eigenvalue weighted by Crippen LogP contribution is 2.14. The first-order valence-electron chi connectivity index (χ1n) is 6.65. The molecule has 2 N–H and O–H groups in total. The molecule has 0 atom stereocenters. The molecule has 20 heavy (non-hydrogen) atoms. The molecule has 0 unspecified atom stereocenters. The Bertz CT molecular complexity index is 584. The van der Waals surface area contributed by atoms with E-state index in [0.717, 1.165) is 12.1 Å². The first kappa shape index (κ1) is 14.0. The van der Waals surface area contributed by atoms with Crippen LogP contribution in [0.25, 0.3) is 0 Å². The van der Waals surface area contributed by atoms with Crippen LogP contribution in [0.15, 0.2) is 36.4 Å². The van der Waals surface area contributed by atoms with Crippen LogP contribution >= 0.6 is 0 Å². The van der Waals surface area contributed by atoms with Crippen molar-refractivity contribution < 1.29 is 4.79 Å². The summed E-state index contributed by atoms with van der Waals surface area (Å²) in [7, 11) is 0. The first-order valence-corrected chi connectivity index (χ1v) is 6.65. The van der Waals surface area contributed by atoms with Gasteiger partial charge in [0.15, 0.2) is 0 Å². The van der Waals surface area contributed by atoms with Crippen molar-refractivity contribution in [1.82, 2.24) is 15.3 Å². The zero-order valence-corrected chi connectivity index (χ0v) is 11.7. The number of anilines is 2. The normalized spacial score (nSPS) is 10.1. The van der Waals surface area contributed by atoms with E-state index < -0.39 is 0 Å². The van der Waals surface area contributed by atoms with Crippen molar-refractivity contribution in [3.63, 3.8) is 0 Å². The molecule has 0 bridgehead atoms. The molecular weight excluding hydrogens is 252 g/mol. The average molecular weight is 270 g/mol. The standard InChI is InChI=1S/C15H18N4O/c1-3-9-16-15(20)13-10-14(18-11(2)17-13)19-12-7-5-4-6-8-12/h4-8,10H,3,9H2,1-2H3,(H,16,20)(H,17,18,19). The number of amides is 1. The SMILES string of the molecule is CCCNC(=O)c1cc(Nc2ccccc2)nc(C)n1. The summed E-state index contributed by atoms with van der Waals surface area (Å²) < 4.78 is 0. The Kier molecular flexibility index (Phi) is 4.65. The van der Waals surface area contributed by atoms with Crippen LogP contribution in [0.1, 0.15) is 29.7 Å². The van der Waals surface area contributed by atoms with Gasteiger partial charge < -0.3 is 10.6 Å². The second kappa shape index (κ2) is 6.65. The van der Waals surface area contributed by atoms with Crippen LogP contribution < -0.4 is 10.6 Å². The average Bonchev–Trinajstić information content (AvgIpc) is 2.45. The van der Waals surface area contributed by atoms with Gasteiger partial charge in [0.1, 0.15) is 17.3 Å². The minimum Gasteiger partial charge on any atom is -0.351 e. The third-order valence-corrected chi connectivity index (χ3v) is 2.65. The van der Waals surface area contributed by atoms with E-state index in [1.165, 1.54) is 0 Å². The lowest BCUT2D eigenvalue weighted by Crippen LogP contribution is -2.25. The first-order chi connectivity index (χ1) is 9.69. The maximum absolute atomic E-state index is 11.9. The molecule has 0 aliphatic rings. The van der Waals surface area contributed by atoms with Crippen LogP contribution in [0.5, 0.6) is 0 Å². The highest BCUT2D eigenvalue weighted by molar-refractivity contribution is 5.93. The molecule has 1 aromatic carbocycles. The van der Waals surface area contributed by atoms with E-state index in [1.54, 1.807) is 13.0 Å². The van der Waals surface area contributed by atoms with Gasteiger partial charge in [-0.1, -0.05) is 25.1 Å². The van der Waals surface area contributed by atoms with E-state index in [2.05, 4.69) is 20.6 Å². The highest BCUT2D eigenvalue weighted by Gasteiger charge is 2.09. The molecule has 0 saturated heterocycles. The number of benzene rings is 1. The molecule has 1 amide bonds. The third kappa shape index (κ3) is 3.78. The summed E-state index contributed by atoms with van der Waals surface area (Å²) in [5, 5.41) is 5.97. The molecule has 1 aromatic heterocycles. The van der Waals surface area contributed by atoms with E-state index >= 15 is 0 Å². The number of rotatable bonds is 5. The smallest absolute Gasteiger partial charge is 0.270 e. The van der Waals surface area contributed by atoms with Crippen LogP contribution in [0.2, 0.25) is 0 Å². The van der Waals surface area contributed by atoms with Gasteiger partial charge in [-0.15, -0.1) is 0 Å². The molecule has 104 valence electrons. The monoisotopic (exact) mass is 270 g/mol. The van der Waals surface area contributed by atoms with Crippen molar-refractivity contribution >= 4 is 17.4 Å². The molecule has 0 radical (unpaired) electrons. The minimum absolute atomic E-state index is 0.173. The van der Waals surface area contributed by atoms with E-state index in [4.69, 9.17) is 0 Å². The lowest BCUT2D eigenvalue weighted by Gasteiger charge is -2.08. The molecule has 0 saturated carbocycles. The second-order valence-corrected chi connectivity index (χ2v) is 4.43. The van der Waals surface area contributed by atoms with Crippen molar-refractivity contribution in [1.29, 1.82) is 0 Å². The van der Waals surface area contributed by atoms with Crippen molar-refractivity contribution in [3.05, 3.63) is 47.9 Å². The molecule has 0 aliphatic heterocycles. The zero-order chi connectivity index (χ0) is 14.4. The van der Waals surface area contributed by atoms with E-state index in [-0.39, 0.29) is 5.91 Å². The lowest BCUT2D eigenvalue weighted by atomic mass is 10.3. The molecule has 2 rings (SSSR count). The molecular formula is C15H18N4O. The number of carbonyl (C=O) groups is 1. The van der Waals surface area contributed by atoms with Crippen molar-refractivity contribution in [3.8, 4) is 0 Å². The fraction of sp³-hybridized carbons (Fsp3) is 0.267. The summed E-state index contributed by atoms with van der Waals surface area (Å²) in [6.45, 7) is 4.42. The van der Waals surface area contributed by atoms with Crippen molar-refractivity contribution in [2.75, 3.05) is 11.9 Å². The largest absolute Gasteiger partial charge is 0.351 e. The predicted octanol–water partition coefficient (Wildman–Crippen LogP) is 2.67. The van der Waals surface area contributed by atoms with Crippen LogP contribution in [0.3, 0.4) is 0 Å². The van der Waals surface area contributed by atoms with Gasteiger partial charge in [-0.3, -0.25) is 4.79 Å². The quantitative estimate of drug-likeness (QED) is 0.876. The predicted molar refractivity (Wildman–Crippen MR) is 79.1 cm³/mol. The van der Waals surface area contributed by atoms with Gasteiger partial charge in [-0.05, 0) is 25.5 Å². The summed E-state index contributed by atoms with van der Waals surface area (Å²) >= 11 is 0. The maximum atomic E-state index is 11.9.